The first-order chi connectivity index (χ1) is 7.72. The van der Waals surface area contributed by atoms with Gasteiger partial charge in [0.15, 0.2) is 0 Å². The van der Waals surface area contributed by atoms with Gasteiger partial charge in [0.05, 0.1) is 13.2 Å². The fourth-order valence-electron chi connectivity index (χ4n) is 1.53. The van der Waals surface area contributed by atoms with E-state index in [1.54, 1.807) is 0 Å². The van der Waals surface area contributed by atoms with Gasteiger partial charge < -0.3 is 15.2 Å². The quantitative estimate of drug-likeness (QED) is 0.741. The van der Waals surface area contributed by atoms with Crippen molar-refractivity contribution in [2.45, 2.75) is 32.4 Å². The van der Waals surface area contributed by atoms with Crippen LogP contribution in [0.3, 0.4) is 0 Å². The van der Waals surface area contributed by atoms with Crippen LogP contribution in [0.5, 0.6) is 5.75 Å². The van der Waals surface area contributed by atoms with E-state index in [9.17, 15) is 0 Å². The summed E-state index contributed by atoms with van der Waals surface area (Å²) < 4.78 is 5.57. The third-order valence-electron chi connectivity index (χ3n) is 2.27. The van der Waals surface area contributed by atoms with Gasteiger partial charge in [-0.2, -0.15) is 0 Å². The monoisotopic (exact) mass is 223 g/mol. The van der Waals surface area contributed by atoms with Crippen LogP contribution in [0, 0.1) is 0 Å². The first kappa shape index (κ1) is 13.0. The van der Waals surface area contributed by atoms with Gasteiger partial charge >= 0.3 is 0 Å². The molecule has 1 unspecified atom stereocenters. The van der Waals surface area contributed by atoms with Gasteiger partial charge in [-0.15, -0.1) is 0 Å². The average Bonchev–Trinajstić information content (AvgIpc) is 2.28. The van der Waals surface area contributed by atoms with Crippen molar-refractivity contribution in [1.29, 1.82) is 0 Å². The SMILES string of the molecule is CC(C)NC(CO)CCOc1ccccc1. The molecule has 0 saturated carbocycles. The van der Waals surface area contributed by atoms with Crippen LogP contribution in [0.1, 0.15) is 20.3 Å². The predicted octanol–water partition coefficient (Wildman–Crippen LogP) is 1.81. The zero-order chi connectivity index (χ0) is 11.8. The molecule has 0 aromatic heterocycles. The number of para-hydroxylation sites is 1. The van der Waals surface area contributed by atoms with E-state index in [4.69, 9.17) is 9.84 Å². The first-order valence-electron chi connectivity index (χ1n) is 5.77. The molecule has 1 aromatic carbocycles. The molecule has 0 spiro atoms. The number of aliphatic hydroxyl groups is 1. The lowest BCUT2D eigenvalue weighted by molar-refractivity contribution is 0.202. The maximum absolute atomic E-state index is 9.15. The Bertz CT molecular complexity index is 275. The second-order valence-electron chi connectivity index (χ2n) is 4.15. The highest BCUT2D eigenvalue weighted by molar-refractivity contribution is 5.20. The van der Waals surface area contributed by atoms with Crippen LogP contribution in [0.25, 0.3) is 0 Å². The normalized spacial score (nSPS) is 12.8. The smallest absolute Gasteiger partial charge is 0.119 e. The molecule has 1 rings (SSSR count). The summed E-state index contributed by atoms with van der Waals surface area (Å²) in [5.74, 6) is 0.878. The number of rotatable bonds is 7. The van der Waals surface area contributed by atoms with Crippen molar-refractivity contribution < 1.29 is 9.84 Å². The highest BCUT2D eigenvalue weighted by Gasteiger charge is 2.08. The van der Waals surface area contributed by atoms with Gasteiger partial charge in [-0.25, -0.2) is 0 Å². The Kier molecular flexibility index (Phi) is 5.90. The summed E-state index contributed by atoms with van der Waals surface area (Å²) in [5, 5.41) is 12.4. The number of hydrogen-bond donors (Lipinski definition) is 2. The molecule has 90 valence electrons. The maximum atomic E-state index is 9.15. The molecule has 16 heavy (non-hydrogen) atoms. The fourth-order valence-corrected chi connectivity index (χ4v) is 1.53. The van der Waals surface area contributed by atoms with Crippen molar-refractivity contribution in [3.05, 3.63) is 30.3 Å². The molecule has 3 nitrogen and oxygen atoms in total. The molecule has 0 amide bonds. The lowest BCUT2D eigenvalue weighted by Crippen LogP contribution is -2.38. The maximum Gasteiger partial charge on any atom is 0.119 e. The van der Waals surface area contributed by atoms with Crippen molar-refractivity contribution >= 4 is 0 Å². The highest BCUT2D eigenvalue weighted by atomic mass is 16.5. The lowest BCUT2D eigenvalue weighted by Gasteiger charge is -2.19. The fraction of sp³-hybridized carbons (Fsp3) is 0.538. The summed E-state index contributed by atoms with van der Waals surface area (Å²) in [6, 6.07) is 10.2. The van der Waals surface area contributed by atoms with Gasteiger partial charge in [-0.3, -0.25) is 0 Å². The lowest BCUT2D eigenvalue weighted by atomic mass is 10.2. The highest BCUT2D eigenvalue weighted by Crippen LogP contribution is 2.08. The summed E-state index contributed by atoms with van der Waals surface area (Å²) in [7, 11) is 0. The van der Waals surface area contributed by atoms with Crippen LogP contribution in [0.15, 0.2) is 30.3 Å². The molecule has 0 bridgehead atoms. The molecule has 0 saturated heterocycles. The summed E-state index contributed by atoms with van der Waals surface area (Å²) >= 11 is 0. The summed E-state index contributed by atoms with van der Waals surface area (Å²) in [6.45, 7) is 4.91. The van der Waals surface area contributed by atoms with Crippen molar-refractivity contribution in [3.63, 3.8) is 0 Å². The molecule has 0 aliphatic carbocycles. The largest absolute Gasteiger partial charge is 0.494 e. The Morgan fingerprint density at radius 1 is 1.25 bits per heavy atom. The molecule has 2 N–H and O–H groups in total. The Morgan fingerprint density at radius 2 is 1.94 bits per heavy atom. The van der Waals surface area contributed by atoms with Gasteiger partial charge in [0, 0.05) is 12.1 Å². The van der Waals surface area contributed by atoms with E-state index in [2.05, 4.69) is 19.2 Å². The Morgan fingerprint density at radius 3 is 2.50 bits per heavy atom. The second kappa shape index (κ2) is 7.25. The van der Waals surface area contributed by atoms with Crippen molar-refractivity contribution in [1.82, 2.24) is 5.32 Å². The number of benzene rings is 1. The molecule has 0 aliphatic heterocycles. The van der Waals surface area contributed by atoms with E-state index in [0.29, 0.717) is 12.6 Å². The van der Waals surface area contributed by atoms with Gasteiger partial charge in [-0.1, -0.05) is 32.0 Å². The van der Waals surface area contributed by atoms with E-state index in [0.717, 1.165) is 12.2 Å². The third kappa shape index (κ3) is 5.14. The number of aliphatic hydroxyl groups excluding tert-OH is 1. The number of hydrogen-bond acceptors (Lipinski definition) is 3. The molecule has 3 heteroatoms. The Labute approximate surface area is 97.4 Å². The van der Waals surface area contributed by atoms with Gasteiger partial charge in [-0.05, 0) is 18.6 Å². The van der Waals surface area contributed by atoms with Crippen molar-refractivity contribution in [2.75, 3.05) is 13.2 Å². The van der Waals surface area contributed by atoms with Crippen LogP contribution in [-0.4, -0.2) is 30.4 Å². The van der Waals surface area contributed by atoms with Crippen molar-refractivity contribution in [2.24, 2.45) is 0 Å². The molecule has 1 aromatic rings. The third-order valence-corrected chi connectivity index (χ3v) is 2.27. The summed E-state index contributed by atoms with van der Waals surface area (Å²) in [5.41, 5.74) is 0. The summed E-state index contributed by atoms with van der Waals surface area (Å²) in [6.07, 6.45) is 0.809. The topological polar surface area (TPSA) is 41.5 Å². The number of nitrogens with one attached hydrogen (secondary N) is 1. The van der Waals surface area contributed by atoms with Crippen LogP contribution in [-0.2, 0) is 0 Å². The molecule has 1 atom stereocenters. The van der Waals surface area contributed by atoms with Crippen molar-refractivity contribution in [3.8, 4) is 5.75 Å². The second-order valence-corrected chi connectivity index (χ2v) is 4.15. The zero-order valence-electron chi connectivity index (χ0n) is 10.0. The molecule has 0 aliphatic rings. The predicted molar refractivity (Wildman–Crippen MR) is 65.7 cm³/mol. The molecule has 0 radical (unpaired) electrons. The minimum Gasteiger partial charge on any atom is -0.494 e. The van der Waals surface area contributed by atoms with Crippen LogP contribution >= 0.6 is 0 Å². The van der Waals surface area contributed by atoms with Crippen LogP contribution in [0.4, 0.5) is 0 Å². The van der Waals surface area contributed by atoms with Gasteiger partial charge in [0.1, 0.15) is 5.75 Å². The molecular formula is C13H21NO2. The van der Waals surface area contributed by atoms with E-state index in [-0.39, 0.29) is 12.6 Å². The van der Waals surface area contributed by atoms with Gasteiger partial charge in [0.2, 0.25) is 0 Å². The average molecular weight is 223 g/mol. The Hall–Kier alpha value is -1.06. The van der Waals surface area contributed by atoms with Crippen LogP contribution in [0.2, 0.25) is 0 Å². The van der Waals surface area contributed by atoms with E-state index >= 15 is 0 Å². The van der Waals surface area contributed by atoms with E-state index in [1.807, 2.05) is 30.3 Å². The minimum absolute atomic E-state index is 0.115. The minimum atomic E-state index is 0.115. The standard InChI is InChI=1S/C13H21NO2/c1-11(2)14-12(10-15)8-9-16-13-6-4-3-5-7-13/h3-7,11-12,14-15H,8-10H2,1-2H3. The first-order valence-corrected chi connectivity index (χ1v) is 5.77. The van der Waals surface area contributed by atoms with Gasteiger partial charge in [0.25, 0.3) is 0 Å². The Balaban J connectivity index is 2.23. The van der Waals surface area contributed by atoms with E-state index < -0.39 is 0 Å². The van der Waals surface area contributed by atoms with E-state index in [1.165, 1.54) is 0 Å². The van der Waals surface area contributed by atoms with Crippen LogP contribution < -0.4 is 10.1 Å². The summed E-state index contributed by atoms with van der Waals surface area (Å²) in [4.78, 5) is 0. The molecule has 0 fully saturated rings. The molecule has 0 heterocycles. The molecular weight excluding hydrogens is 202 g/mol. The zero-order valence-corrected chi connectivity index (χ0v) is 10.0. The number of ether oxygens (including phenoxy) is 1.